The van der Waals surface area contributed by atoms with Gasteiger partial charge in [0.15, 0.2) is 0 Å². The van der Waals surface area contributed by atoms with Gasteiger partial charge in [0.1, 0.15) is 0 Å². The van der Waals surface area contributed by atoms with Crippen LogP contribution in [0.25, 0.3) is 0 Å². The Balaban J connectivity index is 1.47. The SMILES string of the molecule is O=C(O)c1ccc(CCC(=O)N2CCC(c3ccccc3)CC2)cc1. The lowest BCUT2D eigenvalue weighted by Gasteiger charge is -2.32. The second-order valence-corrected chi connectivity index (χ2v) is 6.57. The lowest BCUT2D eigenvalue weighted by Crippen LogP contribution is -2.38. The van der Waals surface area contributed by atoms with E-state index < -0.39 is 5.97 Å². The molecule has 25 heavy (non-hydrogen) atoms. The Morgan fingerprint density at radius 3 is 2.20 bits per heavy atom. The van der Waals surface area contributed by atoms with Gasteiger partial charge in [-0.15, -0.1) is 0 Å². The van der Waals surface area contributed by atoms with E-state index in [1.807, 2.05) is 11.0 Å². The van der Waals surface area contributed by atoms with Crippen LogP contribution >= 0.6 is 0 Å². The fourth-order valence-corrected chi connectivity index (χ4v) is 3.41. The normalized spacial score (nSPS) is 15.1. The summed E-state index contributed by atoms with van der Waals surface area (Å²) >= 11 is 0. The van der Waals surface area contributed by atoms with Crippen molar-refractivity contribution in [3.8, 4) is 0 Å². The number of carbonyl (C=O) groups excluding carboxylic acids is 1. The molecule has 3 rings (SSSR count). The number of nitrogens with zero attached hydrogens (tertiary/aromatic N) is 1. The molecule has 0 saturated carbocycles. The second-order valence-electron chi connectivity index (χ2n) is 6.57. The van der Waals surface area contributed by atoms with E-state index in [4.69, 9.17) is 5.11 Å². The standard InChI is InChI=1S/C21H23NO3/c23-20(11-8-16-6-9-19(10-7-16)21(24)25)22-14-12-18(13-15-22)17-4-2-1-3-5-17/h1-7,9-10,18H,8,11-15H2,(H,24,25). The lowest BCUT2D eigenvalue weighted by molar-refractivity contribution is -0.132. The van der Waals surface area contributed by atoms with E-state index in [0.717, 1.165) is 31.5 Å². The summed E-state index contributed by atoms with van der Waals surface area (Å²) in [4.78, 5) is 25.2. The Morgan fingerprint density at radius 2 is 1.60 bits per heavy atom. The van der Waals surface area contributed by atoms with E-state index in [0.29, 0.717) is 18.8 Å². The van der Waals surface area contributed by atoms with Gasteiger partial charge < -0.3 is 10.0 Å². The number of aromatic carboxylic acids is 1. The molecule has 4 nitrogen and oxygen atoms in total. The van der Waals surface area contributed by atoms with Crippen molar-refractivity contribution in [3.63, 3.8) is 0 Å². The van der Waals surface area contributed by atoms with Gasteiger partial charge in [-0.2, -0.15) is 0 Å². The van der Waals surface area contributed by atoms with E-state index in [2.05, 4.69) is 24.3 Å². The Bertz CT molecular complexity index is 717. The summed E-state index contributed by atoms with van der Waals surface area (Å²) in [5.41, 5.74) is 2.64. The first-order valence-corrected chi connectivity index (χ1v) is 8.78. The molecule has 0 unspecified atom stereocenters. The number of carboxylic acids is 1. The molecule has 0 aliphatic carbocycles. The minimum Gasteiger partial charge on any atom is -0.478 e. The van der Waals surface area contributed by atoms with Crippen LogP contribution in [0, 0.1) is 0 Å². The predicted octanol–water partition coefficient (Wildman–Crippen LogP) is 3.72. The second kappa shape index (κ2) is 7.97. The number of rotatable bonds is 5. The highest BCUT2D eigenvalue weighted by atomic mass is 16.4. The fraction of sp³-hybridized carbons (Fsp3) is 0.333. The Morgan fingerprint density at radius 1 is 0.960 bits per heavy atom. The van der Waals surface area contributed by atoms with E-state index in [1.54, 1.807) is 24.3 Å². The van der Waals surface area contributed by atoms with Crippen LogP contribution in [0.5, 0.6) is 0 Å². The third-order valence-corrected chi connectivity index (χ3v) is 4.95. The van der Waals surface area contributed by atoms with E-state index in [-0.39, 0.29) is 11.5 Å². The molecule has 130 valence electrons. The van der Waals surface area contributed by atoms with Crippen LogP contribution in [0.3, 0.4) is 0 Å². The van der Waals surface area contributed by atoms with Crippen molar-refractivity contribution in [1.82, 2.24) is 4.90 Å². The molecule has 0 radical (unpaired) electrons. The molecule has 0 aromatic heterocycles. The quantitative estimate of drug-likeness (QED) is 0.904. The molecular weight excluding hydrogens is 314 g/mol. The largest absolute Gasteiger partial charge is 0.478 e. The molecule has 1 heterocycles. The Labute approximate surface area is 148 Å². The first-order chi connectivity index (χ1) is 12.1. The maximum Gasteiger partial charge on any atom is 0.335 e. The smallest absolute Gasteiger partial charge is 0.335 e. The molecule has 1 saturated heterocycles. The lowest BCUT2D eigenvalue weighted by atomic mass is 9.89. The highest BCUT2D eigenvalue weighted by molar-refractivity contribution is 5.87. The van der Waals surface area contributed by atoms with Gasteiger partial charge in [0, 0.05) is 19.5 Å². The van der Waals surface area contributed by atoms with Crippen LogP contribution in [0.15, 0.2) is 54.6 Å². The number of likely N-dealkylation sites (tertiary alicyclic amines) is 1. The monoisotopic (exact) mass is 337 g/mol. The van der Waals surface area contributed by atoms with Crippen molar-refractivity contribution in [1.29, 1.82) is 0 Å². The van der Waals surface area contributed by atoms with Gasteiger partial charge in [-0.3, -0.25) is 4.79 Å². The molecule has 2 aromatic carbocycles. The molecule has 1 aliphatic heterocycles. The van der Waals surface area contributed by atoms with Crippen molar-refractivity contribution in [2.75, 3.05) is 13.1 Å². The zero-order valence-electron chi connectivity index (χ0n) is 14.2. The van der Waals surface area contributed by atoms with Gasteiger partial charge in [-0.1, -0.05) is 42.5 Å². The summed E-state index contributed by atoms with van der Waals surface area (Å²) in [6.45, 7) is 1.63. The first-order valence-electron chi connectivity index (χ1n) is 8.78. The van der Waals surface area contributed by atoms with Gasteiger partial charge in [0.25, 0.3) is 0 Å². The average molecular weight is 337 g/mol. The van der Waals surface area contributed by atoms with Crippen molar-refractivity contribution in [2.45, 2.75) is 31.6 Å². The molecule has 1 fully saturated rings. The molecule has 1 aliphatic rings. The molecule has 0 spiro atoms. The number of hydrogen-bond acceptors (Lipinski definition) is 2. The number of piperidine rings is 1. The molecular formula is C21H23NO3. The third-order valence-electron chi connectivity index (χ3n) is 4.95. The summed E-state index contributed by atoms with van der Waals surface area (Å²) in [6, 6.07) is 17.3. The number of carbonyl (C=O) groups is 2. The zero-order valence-corrected chi connectivity index (χ0v) is 14.2. The van der Waals surface area contributed by atoms with E-state index in [9.17, 15) is 9.59 Å². The third kappa shape index (κ3) is 4.47. The van der Waals surface area contributed by atoms with Crippen LogP contribution in [0.4, 0.5) is 0 Å². The van der Waals surface area contributed by atoms with Crippen LogP contribution in [-0.4, -0.2) is 35.0 Å². The molecule has 1 N–H and O–H groups in total. The highest BCUT2D eigenvalue weighted by Gasteiger charge is 2.23. The van der Waals surface area contributed by atoms with Crippen LogP contribution in [-0.2, 0) is 11.2 Å². The summed E-state index contributed by atoms with van der Waals surface area (Å²) in [5, 5.41) is 8.91. The van der Waals surface area contributed by atoms with Crippen molar-refractivity contribution in [2.24, 2.45) is 0 Å². The molecule has 2 aromatic rings. The van der Waals surface area contributed by atoms with Crippen LogP contribution in [0.2, 0.25) is 0 Å². The number of benzene rings is 2. The van der Waals surface area contributed by atoms with Crippen molar-refractivity contribution < 1.29 is 14.7 Å². The fourth-order valence-electron chi connectivity index (χ4n) is 3.41. The minimum absolute atomic E-state index is 0.189. The zero-order chi connectivity index (χ0) is 17.6. The van der Waals surface area contributed by atoms with Gasteiger partial charge in [-0.05, 0) is 48.4 Å². The van der Waals surface area contributed by atoms with Gasteiger partial charge in [-0.25, -0.2) is 4.79 Å². The van der Waals surface area contributed by atoms with Gasteiger partial charge in [0.2, 0.25) is 5.91 Å². The topological polar surface area (TPSA) is 57.6 Å². The van der Waals surface area contributed by atoms with Crippen LogP contribution < -0.4 is 0 Å². The molecule has 0 bridgehead atoms. The first kappa shape index (κ1) is 17.2. The Kier molecular flexibility index (Phi) is 5.49. The molecule has 0 atom stereocenters. The average Bonchev–Trinajstić information content (AvgIpc) is 2.67. The number of carboxylic acid groups (broad SMARTS) is 1. The highest BCUT2D eigenvalue weighted by Crippen LogP contribution is 2.28. The van der Waals surface area contributed by atoms with Crippen LogP contribution in [0.1, 0.15) is 46.7 Å². The summed E-state index contributed by atoms with van der Waals surface area (Å²) in [7, 11) is 0. The molecule has 4 heteroatoms. The van der Waals surface area contributed by atoms with E-state index >= 15 is 0 Å². The maximum atomic E-state index is 12.4. The number of aryl methyl sites for hydroxylation is 1. The summed E-state index contributed by atoms with van der Waals surface area (Å²) < 4.78 is 0. The summed E-state index contributed by atoms with van der Waals surface area (Å²) in [5.74, 6) is -0.188. The van der Waals surface area contributed by atoms with Crippen molar-refractivity contribution >= 4 is 11.9 Å². The predicted molar refractivity (Wildman–Crippen MR) is 96.7 cm³/mol. The van der Waals surface area contributed by atoms with Gasteiger partial charge in [0.05, 0.1) is 5.56 Å². The maximum absolute atomic E-state index is 12.4. The summed E-state index contributed by atoms with van der Waals surface area (Å²) in [6.07, 6.45) is 3.16. The molecule has 1 amide bonds. The van der Waals surface area contributed by atoms with Crippen molar-refractivity contribution in [3.05, 3.63) is 71.3 Å². The Hall–Kier alpha value is -2.62. The van der Waals surface area contributed by atoms with E-state index in [1.165, 1.54) is 5.56 Å². The minimum atomic E-state index is -0.927. The number of amides is 1. The van der Waals surface area contributed by atoms with Gasteiger partial charge >= 0.3 is 5.97 Å². The number of hydrogen-bond donors (Lipinski definition) is 1.